The normalized spacial score (nSPS) is 13.0. The fraction of sp³-hybridized carbons (Fsp3) is 1.00. The second-order valence-electron chi connectivity index (χ2n) is 5.01. The summed E-state index contributed by atoms with van der Waals surface area (Å²) in [6.45, 7) is 4.55. The average Bonchev–Trinajstić information content (AvgIpc) is 2.29. The van der Waals surface area contributed by atoms with Gasteiger partial charge in [0.25, 0.3) is 0 Å². The van der Waals surface area contributed by atoms with Crippen molar-refractivity contribution in [1.82, 2.24) is 0 Å². The van der Waals surface area contributed by atoms with Crippen molar-refractivity contribution in [1.29, 1.82) is 0 Å². The minimum absolute atomic E-state index is 0. The number of hydrogen-bond acceptors (Lipinski definition) is 4. The Bertz CT molecular complexity index is 280. The molecule has 0 aromatic heterocycles. The summed E-state index contributed by atoms with van der Waals surface area (Å²) < 4.78 is 34.6. The van der Waals surface area contributed by atoms with Gasteiger partial charge in [-0.3, -0.25) is 4.18 Å². The molecule has 0 spiro atoms. The molecule has 1 atom stereocenters. The molecule has 0 radical (unpaired) electrons. The molecule has 0 aliphatic rings. The Morgan fingerprint density at radius 1 is 1.00 bits per heavy atom. The summed E-state index contributed by atoms with van der Waals surface area (Å²) in [5.74, 6) is 0.844. The molecule has 0 aromatic rings. The molecule has 0 N–H and O–H groups in total. The fourth-order valence-electron chi connectivity index (χ4n) is 1.84. The van der Waals surface area contributed by atoms with E-state index < -0.39 is 10.4 Å². The van der Waals surface area contributed by atoms with E-state index in [1.165, 1.54) is 38.5 Å². The van der Waals surface area contributed by atoms with Gasteiger partial charge in [-0.1, -0.05) is 65.2 Å². The van der Waals surface area contributed by atoms with Gasteiger partial charge in [-0.05, 0) is 12.3 Å². The van der Waals surface area contributed by atoms with Gasteiger partial charge >= 0.3 is 29.6 Å². The van der Waals surface area contributed by atoms with Crippen LogP contribution in [0.3, 0.4) is 0 Å². The van der Waals surface area contributed by atoms with Crippen molar-refractivity contribution < 1.29 is 46.7 Å². The Morgan fingerprint density at radius 2 is 1.47 bits per heavy atom. The summed E-state index contributed by atoms with van der Waals surface area (Å²) >= 11 is 0. The van der Waals surface area contributed by atoms with Crippen LogP contribution in [-0.2, 0) is 14.6 Å². The second-order valence-corrected chi connectivity index (χ2v) is 6.06. The maximum atomic E-state index is 10.1. The van der Waals surface area contributed by atoms with E-state index in [1.54, 1.807) is 0 Å². The van der Waals surface area contributed by atoms with Crippen molar-refractivity contribution in [3.8, 4) is 0 Å². The Morgan fingerprint density at radius 3 is 1.95 bits per heavy atom. The van der Waals surface area contributed by atoms with Crippen LogP contribution in [0.15, 0.2) is 0 Å². The van der Waals surface area contributed by atoms with E-state index in [-0.39, 0.29) is 36.2 Å². The van der Waals surface area contributed by atoms with Crippen molar-refractivity contribution >= 4 is 10.4 Å². The van der Waals surface area contributed by atoms with Gasteiger partial charge in [0.05, 0.1) is 6.61 Å². The van der Waals surface area contributed by atoms with Crippen LogP contribution in [0.5, 0.6) is 0 Å². The van der Waals surface area contributed by atoms with Gasteiger partial charge in [0.2, 0.25) is 10.4 Å². The molecular weight excluding hydrogens is 275 g/mol. The van der Waals surface area contributed by atoms with E-state index in [0.29, 0.717) is 6.42 Å². The van der Waals surface area contributed by atoms with Crippen LogP contribution in [0.25, 0.3) is 0 Å². The molecule has 19 heavy (non-hydrogen) atoms. The van der Waals surface area contributed by atoms with Gasteiger partial charge in [0.1, 0.15) is 0 Å². The molecule has 0 saturated heterocycles. The SMILES string of the molecule is CCC(C)CCCCCCCCCOS(=O)(=O)[O-].[Na+]. The molecule has 0 rings (SSSR count). The summed E-state index contributed by atoms with van der Waals surface area (Å²) in [6.07, 6.45) is 10.3. The molecule has 6 heteroatoms. The summed E-state index contributed by atoms with van der Waals surface area (Å²) in [4.78, 5) is 0. The summed E-state index contributed by atoms with van der Waals surface area (Å²) in [6, 6.07) is 0. The van der Waals surface area contributed by atoms with Crippen LogP contribution in [0.1, 0.15) is 71.6 Å². The first-order valence-corrected chi connectivity index (χ1v) is 8.39. The standard InChI is InChI=1S/C13H28O4S.Na/c1-3-13(2)11-9-7-5-4-6-8-10-12-17-18(14,15)16;/h13H,3-12H2,1-2H3,(H,14,15,16);/q;+1/p-1. The molecule has 0 fully saturated rings. The third kappa shape index (κ3) is 18.9. The predicted molar refractivity (Wildman–Crippen MR) is 72.0 cm³/mol. The zero-order valence-electron chi connectivity index (χ0n) is 12.7. The van der Waals surface area contributed by atoms with Crippen molar-refractivity contribution in [2.75, 3.05) is 6.61 Å². The van der Waals surface area contributed by atoms with E-state index in [4.69, 9.17) is 0 Å². The Balaban J connectivity index is 0. The van der Waals surface area contributed by atoms with Crippen LogP contribution in [0.2, 0.25) is 0 Å². The molecule has 0 amide bonds. The van der Waals surface area contributed by atoms with Crippen molar-refractivity contribution in [2.24, 2.45) is 5.92 Å². The molecule has 0 bridgehead atoms. The van der Waals surface area contributed by atoms with Gasteiger partial charge in [-0.2, -0.15) is 0 Å². The topological polar surface area (TPSA) is 66.4 Å². The molecule has 0 heterocycles. The number of rotatable bonds is 12. The van der Waals surface area contributed by atoms with Crippen LogP contribution >= 0.6 is 0 Å². The quantitative estimate of drug-likeness (QED) is 0.230. The summed E-state index contributed by atoms with van der Waals surface area (Å²) in [5, 5.41) is 0. The van der Waals surface area contributed by atoms with Gasteiger partial charge < -0.3 is 4.55 Å². The van der Waals surface area contributed by atoms with E-state index in [9.17, 15) is 13.0 Å². The van der Waals surface area contributed by atoms with Gasteiger partial charge in [-0.25, -0.2) is 8.42 Å². The van der Waals surface area contributed by atoms with Crippen LogP contribution in [-0.4, -0.2) is 19.6 Å². The van der Waals surface area contributed by atoms with E-state index in [1.807, 2.05) is 0 Å². The third-order valence-corrected chi connectivity index (χ3v) is 3.72. The maximum Gasteiger partial charge on any atom is 1.00 e. The monoisotopic (exact) mass is 302 g/mol. The van der Waals surface area contributed by atoms with Crippen molar-refractivity contribution in [3.63, 3.8) is 0 Å². The Kier molecular flexibility index (Phi) is 16.1. The van der Waals surface area contributed by atoms with Gasteiger partial charge in [0.15, 0.2) is 0 Å². The zero-order chi connectivity index (χ0) is 13.9. The van der Waals surface area contributed by atoms with Crippen molar-refractivity contribution in [3.05, 3.63) is 0 Å². The average molecular weight is 302 g/mol. The molecular formula is C13H27NaO4S. The summed E-state index contributed by atoms with van der Waals surface area (Å²) in [7, 11) is -4.49. The Labute approximate surface area is 140 Å². The maximum absolute atomic E-state index is 10.1. The molecule has 0 saturated carbocycles. The fourth-order valence-corrected chi connectivity index (χ4v) is 2.17. The van der Waals surface area contributed by atoms with Crippen LogP contribution in [0.4, 0.5) is 0 Å². The molecule has 4 nitrogen and oxygen atoms in total. The van der Waals surface area contributed by atoms with Crippen LogP contribution in [0, 0.1) is 5.92 Å². The molecule has 1 unspecified atom stereocenters. The van der Waals surface area contributed by atoms with Crippen molar-refractivity contribution in [2.45, 2.75) is 71.6 Å². The first kappa shape index (κ1) is 22.2. The Hall–Kier alpha value is 0.870. The molecule has 110 valence electrons. The van der Waals surface area contributed by atoms with E-state index in [2.05, 4.69) is 18.0 Å². The molecule has 0 aromatic carbocycles. The van der Waals surface area contributed by atoms with Gasteiger partial charge in [0, 0.05) is 0 Å². The number of hydrogen-bond donors (Lipinski definition) is 0. The second kappa shape index (κ2) is 13.8. The van der Waals surface area contributed by atoms with E-state index >= 15 is 0 Å². The largest absolute Gasteiger partial charge is 1.00 e. The first-order chi connectivity index (χ1) is 8.45. The predicted octanol–water partition coefficient (Wildman–Crippen LogP) is 0.634. The smallest absolute Gasteiger partial charge is 0.726 e. The summed E-state index contributed by atoms with van der Waals surface area (Å²) in [5.41, 5.74) is 0. The molecule has 0 aliphatic carbocycles. The third-order valence-electron chi connectivity index (χ3n) is 3.27. The molecule has 0 aliphatic heterocycles. The zero-order valence-corrected chi connectivity index (χ0v) is 15.5. The minimum Gasteiger partial charge on any atom is -0.726 e. The van der Waals surface area contributed by atoms with Crippen LogP contribution < -0.4 is 29.6 Å². The van der Waals surface area contributed by atoms with Gasteiger partial charge in [-0.15, -0.1) is 0 Å². The minimum atomic E-state index is -4.49. The number of unbranched alkanes of at least 4 members (excludes halogenated alkanes) is 6. The van der Waals surface area contributed by atoms with E-state index in [0.717, 1.165) is 18.8 Å². The first-order valence-electron chi connectivity index (χ1n) is 7.06.